The van der Waals surface area contributed by atoms with E-state index in [9.17, 15) is 102 Å². The number of allylic oxidation sites excluding steroid dienone is 1. The minimum Gasteiger partial charge on any atom is -0.426 e. The summed E-state index contributed by atoms with van der Waals surface area (Å²) in [5.74, 6) is -1.98. The van der Waals surface area contributed by atoms with E-state index in [0.717, 1.165) is 60.7 Å². The number of nitrogens with one attached hydrogen (secondary N) is 3. The Bertz CT molecular complexity index is 3560. The molecule has 492 valence electrons. The Labute approximate surface area is 534 Å². The molecule has 33 heteroatoms. The third kappa shape index (κ3) is 30.3. The molecule has 19 nitrogen and oxygen atoms in total. The number of nitro groups is 2. The van der Waals surface area contributed by atoms with Crippen LogP contribution in [0.1, 0.15) is 61.9 Å². The number of amides is 3. The normalized spacial score (nSPS) is 11.5. The highest BCUT2D eigenvalue weighted by atomic mass is 35.5. The molecule has 0 fully saturated rings. The average molecular weight is 1340 g/mol. The second-order valence-electron chi connectivity index (χ2n) is 16.1. The van der Waals surface area contributed by atoms with Crippen LogP contribution in [-0.2, 0) is 55.1 Å². The highest BCUT2D eigenvalue weighted by molar-refractivity contribution is 6.66. The minimum atomic E-state index is -4.74. The van der Waals surface area contributed by atoms with Crippen LogP contribution in [0.4, 0.5) is 97.3 Å². The first kappa shape index (κ1) is 57.9. The summed E-state index contributed by atoms with van der Waals surface area (Å²) in [4.78, 5) is 83.5. The van der Waals surface area contributed by atoms with Gasteiger partial charge in [0.05, 0.1) is 38.5 Å². The number of hydrogen-bond donors (Lipinski definition) is 5. The number of ether oxygens (including phenoxy) is 2. The SMILES string of the molecule is C=CC(=O)Cl.C=CC(=O)Nc1cc(CC(=O)Oc2ccccc2)cc(C(F)(F)F)c1.C=CC(=O)Nc1cc(N)cc(C(F)(F)F)c1.C=CC(=O)Nc1cc([N+](=O)[O-])cc(C(F)(F)F)c1.Nc1cc([N+](=O)[O-])cc(C(F)(F)F)c1.O=C(Cl)Oc1ccccc1.[2HH].[2H][2H].[2H][2H].[2H][2H].[2H][2H].[2H][2H].[2H][2H].[2H][2H].[2H][2H].[2H][2H].[2H][2H].[2H][2H]. The molecule has 0 aromatic heterocycles. The molecule has 0 aliphatic carbocycles. The van der Waals surface area contributed by atoms with Crippen molar-refractivity contribution in [3.8, 4) is 11.5 Å². The van der Waals surface area contributed by atoms with Crippen LogP contribution in [-0.4, -0.2) is 44.2 Å². The fourth-order valence-corrected chi connectivity index (χ4v) is 5.85. The molecule has 88 heavy (non-hydrogen) atoms. The van der Waals surface area contributed by atoms with Crippen molar-refractivity contribution in [3.63, 3.8) is 0 Å². The number of non-ortho nitro benzene ring substituents is 2. The molecule has 0 saturated heterocycles. The highest BCUT2D eigenvalue weighted by Gasteiger charge is 2.35. The number of halogens is 14. The Hall–Kier alpha value is -10.6. The van der Waals surface area contributed by atoms with Gasteiger partial charge in [0.25, 0.3) is 11.4 Å². The summed E-state index contributed by atoms with van der Waals surface area (Å²) >= 11 is 9.66. The lowest BCUT2D eigenvalue weighted by Gasteiger charge is -2.12. The van der Waals surface area contributed by atoms with Crippen molar-refractivity contribution in [1.82, 2.24) is 0 Å². The Morgan fingerprint density at radius 3 is 1.16 bits per heavy atom. The van der Waals surface area contributed by atoms with Crippen LogP contribution in [0.25, 0.3) is 0 Å². The molecule has 0 saturated carbocycles. The van der Waals surface area contributed by atoms with Crippen molar-refractivity contribution in [3.05, 3.63) is 232 Å². The van der Waals surface area contributed by atoms with Crippen molar-refractivity contribution in [2.45, 2.75) is 31.1 Å². The summed E-state index contributed by atoms with van der Waals surface area (Å²) in [6.45, 7) is 12.6. The molecule has 6 aromatic carbocycles. The molecule has 0 heterocycles. The fraction of sp³-hybridized carbons (Fsp3) is 0.0909. The van der Waals surface area contributed by atoms with E-state index in [1.807, 2.05) is 11.4 Å². The number of carbonyl (C=O) groups is 6. The molecule has 0 radical (unpaired) electrons. The molecule has 0 spiro atoms. The minimum absolute atomic E-state index is 0. The zero-order valence-corrected chi connectivity index (χ0v) is 45.8. The van der Waals surface area contributed by atoms with Crippen LogP contribution in [0.2, 0.25) is 0 Å². The smallest absolute Gasteiger partial charge is 0.416 e. The van der Waals surface area contributed by atoms with Gasteiger partial charge in [0.1, 0.15) is 11.5 Å². The third-order valence-corrected chi connectivity index (χ3v) is 9.55. The van der Waals surface area contributed by atoms with Crippen LogP contribution in [0.5, 0.6) is 11.5 Å². The van der Waals surface area contributed by atoms with Crippen LogP contribution < -0.4 is 36.9 Å². The average Bonchev–Trinajstić information content (AvgIpc) is 0.846. The Morgan fingerprint density at radius 1 is 0.489 bits per heavy atom. The topological polar surface area (TPSA) is 295 Å². The summed E-state index contributed by atoms with van der Waals surface area (Å²) in [6.07, 6.45) is -15.1. The summed E-state index contributed by atoms with van der Waals surface area (Å²) in [5, 5.41) is 26.7. The van der Waals surface area contributed by atoms with E-state index in [4.69, 9.17) is 72.1 Å². The van der Waals surface area contributed by atoms with Crippen LogP contribution in [0.15, 0.2) is 184 Å². The van der Waals surface area contributed by atoms with Gasteiger partial charge in [-0.15, -0.1) is 0 Å². The van der Waals surface area contributed by atoms with Gasteiger partial charge in [-0.3, -0.25) is 44.2 Å². The second kappa shape index (κ2) is 35.0. The molecular weight excluding hydrogens is 1250 g/mol. The largest absolute Gasteiger partial charge is 0.426 e. The van der Waals surface area contributed by atoms with Crippen molar-refractivity contribution < 1.29 is 135 Å². The van der Waals surface area contributed by atoms with E-state index in [2.05, 4.69) is 41.7 Å². The monoisotopic (exact) mass is 1340 g/mol. The van der Waals surface area contributed by atoms with Crippen LogP contribution in [0, 0.1) is 20.2 Å². The molecule has 0 unspecified atom stereocenters. The number of nitrogen functional groups attached to an aromatic ring is 2. The highest BCUT2D eigenvalue weighted by Crippen LogP contribution is 2.36. The fourth-order valence-electron chi connectivity index (χ4n) is 5.76. The number of nitrogens with zero attached hydrogens (tertiary/aromatic N) is 2. The first-order chi connectivity index (χ1) is 51.7. The number of hydrogen-bond acceptors (Lipinski definition) is 14. The standard InChI is InChI=1S/C18H14F3NO3.C10H7F3N2O3.C10H9F3N2O.C7H5ClO2.C7H5F3N2O2.C3H3ClO.12H2/c1-2-16(23)22-14-9-12(8-13(11-14)18(19,20)21)10-17(24)25-15-6-4-3-5-7-15;1-2-9(16)14-7-3-6(10(11,12)13)4-8(5-7)15(17)18;1-2-9(16)15-8-4-6(10(11,12)13)3-7(14)5-8;8-7(9)10-6-4-2-1-3-5-6;8-7(9,10)4-1-5(11)3-6(2-4)12(13)14;1-2-3(4)5;;;;;;;;;;;;/h2-9,11H,1,10H2,(H,22,23);2-5H,1H2,(H,14,16);2-5H,1,14H2,(H,15,16);1-5H;1-3H,11H2;2H,1H2;12*1H/i;;;;;;11*1+1D;1+1. The Morgan fingerprint density at radius 2 is 0.807 bits per heavy atom. The first-order valence-electron chi connectivity index (χ1n) is 34.2. The number of esters is 1. The maximum absolute atomic E-state index is 13.0. The maximum Gasteiger partial charge on any atom is 0.416 e. The van der Waals surface area contributed by atoms with Gasteiger partial charge in [0, 0.05) is 98.4 Å². The van der Waals surface area contributed by atoms with Gasteiger partial charge in [0.15, 0.2) is 0 Å². The van der Waals surface area contributed by atoms with Crippen molar-refractivity contribution in [2.24, 2.45) is 0 Å². The zero-order chi connectivity index (χ0) is 89.3. The van der Waals surface area contributed by atoms with Crippen molar-refractivity contribution in [2.75, 3.05) is 27.4 Å². The van der Waals surface area contributed by atoms with Gasteiger partial charge in [-0.2, -0.15) is 52.7 Å². The number of rotatable bonds is 13. The molecule has 0 atom stereocenters. The summed E-state index contributed by atoms with van der Waals surface area (Å²) in [7, 11) is 0. The van der Waals surface area contributed by atoms with E-state index >= 15 is 0 Å². The Balaban J connectivity index is -0.000000104. The molecule has 0 aliphatic rings. The number of nitro benzene ring substituents is 2. The zero-order valence-electron chi connectivity index (χ0n) is 66.3. The molecule has 6 rings (SSSR count). The van der Waals surface area contributed by atoms with Gasteiger partial charge in [0.2, 0.25) is 23.0 Å². The number of benzene rings is 6. The van der Waals surface area contributed by atoms with Crippen molar-refractivity contribution >= 4 is 97.4 Å². The van der Waals surface area contributed by atoms with Crippen molar-refractivity contribution in [1.29, 1.82) is 0 Å². The molecule has 7 N–H and O–H groups in total. The lowest BCUT2D eigenvalue weighted by molar-refractivity contribution is -0.385. The van der Waals surface area contributed by atoms with Gasteiger partial charge in [-0.1, -0.05) is 62.7 Å². The second-order valence-corrected chi connectivity index (χ2v) is 16.7. The predicted molar refractivity (Wildman–Crippen MR) is 325 cm³/mol. The number of para-hydroxylation sites is 2. The third-order valence-electron chi connectivity index (χ3n) is 9.32. The summed E-state index contributed by atoms with van der Waals surface area (Å²) in [6, 6.07) is 26.3. The van der Waals surface area contributed by atoms with E-state index in [1.165, 1.54) is 12.1 Å². The van der Waals surface area contributed by atoms with Crippen LogP contribution in [0.3, 0.4) is 0 Å². The van der Waals surface area contributed by atoms with E-state index in [0.29, 0.717) is 35.8 Å². The number of carbonyl (C=O) groups excluding carboxylic acids is 6. The first-order valence-corrected chi connectivity index (χ1v) is 23.9. The number of nitrogens with two attached hydrogens (primary N) is 2. The maximum atomic E-state index is 13.0. The Kier molecular flexibility index (Phi) is 23.0. The molecule has 6 aromatic rings. The summed E-state index contributed by atoms with van der Waals surface area (Å²) in [5.41, 5.74) is 3.21. The molecule has 3 amide bonds. The van der Waals surface area contributed by atoms with Gasteiger partial charge in [-0.25, -0.2) is 4.79 Å². The molecule has 0 aliphatic heterocycles. The lowest BCUT2D eigenvalue weighted by Crippen LogP contribution is -2.14. The van der Waals surface area contributed by atoms with E-state index < -0.39 is 103 Å². The summed E-state index contributed by atoms with van der Waals surface area (Å²) < 4.78 is 270. The van der Waals surface area contributed by atoms with E-state index in [1.54, 1.807) is 54.6 Å². The quantitative estimate of drug-likeness (QED) is 0.0105. The van der Waals surface area contributed by atoms with Gasteiger partial charge < -0.3 is 36.9 Å². The van der Waals surface area contributed by atoms with Gasteiger partial charge >= 0.3 is 36.1 Å². The van der Waals surface area contributed by atoms with E-state index in [-0.39, 0.29) is 41.8 Å². The van der Waals surface area contributed by atoms with Crippen LogP contribution >= 0.6 is 23.2 Å². The van der Waals surface area contributed by atoms with Gasteiger partial charge in [-0.05, 0) is 114 Å². The predicted octanol–water partition coefficient (Wildman–Crippen LogP) is 17.6. The number of alkyl halides is 12. The molecular formula is C55H67Cl2F12N7O12. The lowest BCUT2D eigenvalue weighted by atomic mass is 10.1. The molecule has 0 bridgehead atoms. The number of anilines is 5.